The third-order valence-corrected chi connectivity index (χ3v) is 5.96. The van der Waals surface area contributed by atoms with Gasteiger partial charge in [-0.2, -0.15) is 0 Å². The first-order valence-electron chi connectivity index (χ1n) is 11.3. The van der Waals surface area contributed by atoms with Crippen molar-refractivity contribution in [1.82, 2.24) is 24.5 Å². The number of aromatic amines is 1. The first-order valence-corrected chi connectivity index (χ1v) is 11.3. The molecule has 4 rings (SSSR count). The highest BCUT2D eigenvalue weighted by atomic mass is 19.1. The Morgan fingerprint density at radius 2 is 2.12 bits per heavy atom. The van der Waals surface area contributed by atoms with E-state index in [9.17, 15) is 19.1 Å². The third kappa shape index (κ3) is 5.78. The SMILES string of the molecule is CC[C@@](O)(Cn1nncc1CCOCn1ccc(=O)[nH]c1=O)c1ccc(F)c(OCC2CC2)c1. The van der Waals surface area contributed by atoms with Gasteiger partial charge < -0.3 is 14.6 Å². The summed E-state index contributed by atoms with van der Waals surface area (Å²) in [6, 6.07) is 5.67. The van der Waals surface area contributed by atoms with Crippen molar-refractivity contribution in [2.75, 3.05) is 13.2 Å². The monoisotopic (exact) mass is 473 g/mol. The maximum Gasteiger partial charge on any atom is 0.330 e. The lowest BCUT2D eigenvalue weighted by molar-refractivity contribution is 0.00878. The zero-order valence-corrected chi connectivity index (χ0v) is 18.9. The number of hydrogen-bond donors (Lipinski definition) is 2. The molecule has 0 aliphatic heterocycles. The second kappa shape index (κ2) is 10.3. The molecule has 1 saturated carbocycles. The van der Waals surface area contributed by atoms with Crippen LogP contribution in [0.4, 0.5) is 4.39 Å². The number of aromatic nitrogens is 5. The van der Waals surface area contributed by atoms with Crippen molar-refractivity contribution in [3.8, 4) is 5.75 Å². The van der Waals surface area contributed by atoms with E-state index in [1.54, 1.807) is 23.0 Å². The Morgan fingerprint density at radius 1 is 1.29 bits per heavy atom. The van der Waals surface area contributed by atoms with Gasteiger partial charge in [0, 0.05) is 18.7 Å². The number of aliphatic hydroxyl groups is 1. The number of hydrogen-bond acceptors (Lipinski definition) is 7. The van der Waals surface area contributed by atoms with Gasteiger partial charge in [0.15, 0.2) is 11.6 Å². The van der Waals surface area contributed by atoms with Crippen molar-refractivity contribution in [3.63, 3.8) is 0 Å². The maximum atomic E-state index is 14.2. The standard InChI is InChI=1S/C23H28FN5O5/c1-2-23(32,17-5-6-19(24)20(11-17)34-13-16-3-4-16)14-29-18(12-25-27-29)8-10-33-15-28-9-7-21(30)26-22(28)31/h5-7,9,11-12,16,32H,2-4,8,10,13-15H2,1H3,(H,26,30,31)/t23-/m1/s1. The highest BCUT2D eigenvalue weighted by molar-refractivity contribution is 5.34. The molecule has 0 radical (unpaired) electrons. The fraction of sp³-hybridized carbons (Fsp3) is 0.478. The van der Waals surface area contributed by atoms with Crippen LogP contribution in [0.5, 0.6) is 5.75 Å². The van der Waals surface area contributed by atoms with Crippen LogP contribution in [0.15, 0.2) is 46.2 Å². The van der Waals surface area contributed by atoms with Gasteiger partial charge in [0.1, 0.15) is 12.3 Å². The van der Waals surface area contributed by atoms with Gasteiger partial charge in [0.05, 0.1) is 31.6 Å². The van der Waals surface area contributed by atoms with Crippen LogP contribution in [-0.2, 0) is 30.0 Å². The summed E-state index contributed by atoms with van der Waals surface area (Å²) in [5, 5.41) is 19.4. The second-order valence-electron chi connectivity index (χ2n) is 8.53. The highest BCUT2D eigenvalue weighted by Gasteiger charge is 2.31. The van der Waals surface area contributed by atoms with Crippen molar-refractivity contribution in [3.05, 3.63) is 74.6 Å². The molecule has 11 heteroatoms. The van der Waals surface area contributed by atoms with Gasteiger partial charge in [-0.15, -0.1) is 5.10 Å². The summed E-state index contributed by atoms with van der Waals surface area (Å²) < 4.78 is 28.2. The summed E-state index contributed by atoms with van der Waals surface area (Å²) in [6.45, 7) is 2.68. The van der Waals surface area contributed by atoms with E-state index in [1.165, 1.54) is 22.9 Å². The summed E-state index contributed by atoms with van der Waals surface area (Å²) in [7, 11) is 0. The van der Waals surface area contributed by atoms with E-state index in [4.69, 9.17) is 9.47 Å². The average Bonchev–Trinajstić information content (AvgIpc) is 3.55. The number of H-pyrrole nitrogens is 1. The lowest BCUT2D eigenvalue weighted by atomic mass is 9.90. The van der Waals surface area contributed by atoms with E-state index < -0.39 is 22.7 Å². The number of halogens is 1. The molecule has 2 N–H and O–H groups in total. The van der Waals surface area contributed by atoms with Crippen LogP contribution in [0.25, 0.3) is 0 Å². The molecule has 3 aromatic rings. The topological polar surface area (TPSA) is 124 Å². The number of rotatable bonds is 12. The molecule has 0 saturated heterocycles. The average molecular weight is 474 g/mol. The molecule has 1 aliphatic rings. The predicted molar refractivity (Wildman–Crippen MR) is 120 cm³/mol. The zero-order valence-electron chi connectivity index (χ0n) is 18.9. The van der Waals surface area contributed by atoms with Crippen LogP contribution in [0.2, 0.25) is 0 Å². The minimum absolute atomic E-state index is 0.0186. The summed E-state index contributed by atoms with van der Waals surface area (Å²) in [5.41, 5.74) is -1.06. The molecule has 0 amide bonds. The molecule has 2 heterocycles. The fourth-order valence-electron chi connectivity index (χ4n) is 3.54. The van der Waals surface area contributed by atoms with Gasteiger partial charge >= 0.3 is 5.69 Å². The predicted octanol–water partition coefficient (Wildman–Crippen LogP) is 1.57. The molecule has 1 aromatic carbocycles. The number of benzene rings is 1. The van der Waals surface area contributed by atoms with E-state index in [0.29, 0.717) is 30.9 Å². The van der Waals surface area contributed by atoms with Crippen molar-refractivity contribution in [1.29, 1.82) is 0 Å². The Morgan fingerprint density at radius 3 is 2.85 bits per heavy atom. The van der Waals surface area contributed by atoms with Crippen LogP contribution < -0.4 is 16.0 Å². The van der Waals surface area contributed by atoms with Gasteiger partial charge in [0.2, 0.25) is 0 Å². The molecule has 10 nitrogen and oxygen atoms in total. The van der Waals surface area contributed by atoms with Gasteiger partial charge in [-0.25, -0.2) is 13.9 Å². The first-order chi connectivity index (χ1) is 16.4. The summed E-state index contributed by atoms with van der Waals surface area (Å²) >= 11 is 0. The Hall–Kier alpha value is -3.31. The Bertz CT molecular complexity index is 1230. The molecule has 1 fully saturated rings. The minimum Gasteiger partial charge on any atom is -0.490 e. The number of nitrogens with zero attached hydrogens (tertiary/aromatic N) is 4. The zero-order chi connectivity index (χ0) is 24.1. The molecule has 182 valence electrons. The smallest absolute Gasteiger partial charge is 0.330 e. The van der Waals surface area contributed by atoms with Gasteiger partial charge in [-0.05, 0) is 42.9 Å². The number of ether oxygens (including phenoxy) is 2. The molecular weight excluding hydrogens is 445 g/mol. The molecule has 0 unspecified atom stereocenters. The van der Waals surface area contributed by atoms with Crippen LogP contribution in [0, 0.1) is 11.7 Å². The van der Waals surface area contributed by atoms with Crippen LogP contribution in [-0.4, -0.2) is 42.9 Å². The summed E-state index contributed by atoms with van der Waals surface area (Å²) in [4.78, 5) is 25.0. The lowest BCUT2D eigenvalue weighted by Crippen LogP contribution is -2.32. The Labute approximate surface area is 195 Å². The van der Waals surface area contributed by atoms with E-state index in [-0.39, 0.29) is 25.6 Å². The third-order valence-electron chi connectivity index (χ3n) is 5.96. The van der Waals surface area contributed by atoms with E-state index in [0.717, 1.165) is 18.5 Å². The molecular formula is C23H28FN5O5. The van der Waals surface area contributed by atoms with Crippen molar-refractivity contribution < 1.29 is 19.0 Å². The Kier molecular flexibility index (Phi) is 7.23. The largest absolute Gasteiger partial charge is 0.490 e. The van der Waals surface area contributed by atoms with Gasteiger partial charge in [-0.1, -0.05) is 18.2 Å². The first kappa shape index (κ1) is 23.8. The van der Waals surface area contributed by atoms with Crippen molar-refractivity contribution >= 4 is 0 Å². The quantitative estimate of drug-likeness (QED) is 0.383. The van der Waals surface area contributed by atoms with Gasteiger partial charge in [-0.3, -0.25) is 14.3 Å². The molecule has 1 aliphatic carbocycles. The van der Waals surface area contributed by atoms with Crippen molar-refractivity contribution in [2.45, 2.75) is 51.5 Å². The lowest BCUT2D eigenvalue weighted by Gasteiger charge is -2.28. The molecule has 2 aromatic heterocycles. The molecule has 0 spiro atoms. The van der Waals surface area contributed by atoms with Gasteiger partial charge in [0.25, 0.3) is 5.56 Å². The van der Waals surface area contributed by atoms with E-state index >= 15 is 0 Å². The highest BCUT2D eigenvalue weighted by Crippen LogP contribution is 2.33. The van der Waals surface area contributed by atoms with E-state index in [1.807, 2.05) is 6.92 Å². The molecule has 1 atom stereocenters. The Balaban J connectivity index is 1.39. The summed E-state index contributed by atoms with van der Waals surface area (Å²) in [6.07, 6.45) is 5.94. The van der Waals surface area contributed by atoms with Crippen LogP contribution in [0.1, 0.15) is 37.4 Å². The summed E-state index contributed by atoms with van der Waals surface area (Å²) in [5.74, 6) is 0.167. The molecule has 0 bridgehead atoms. The van der Waals surface area contributed by atoms with Crippen molar-refractivity contribution in [2.24, 2.45) is 5.92 Å². The van der Waals surface area contributed by atoms with Crippen LogP contribution in [0.3, 0.4) is 0 Å². The second-order valence-corrected chi connectivity index (χ2v) is 8.53. The maximum absolute atomic E-state index is 14.2. The molecule has 34 heavy (non-hydrogen) atoms. The number of nitrogens with one attached hydrogen (secondary N) is 1. The minimum atomic E-state index is -1.31. The van der Waals surface area contributed by atoms with E-state index in [2.05, 4.69) is 15.3 Å². The van der Waals surface area contributed by atoms with Crippen LogP contribution >= 0.6 is 0 Å². The fourth-order valence-corrected chi connectivity index (χ4v) is 3.54. The normalized spacial score (nSPS) is 15.3.